The second-order valence-corrected chi connectivity index (χ2v) is 3.64. The second kappa shape index (κ2) is 5.01. The smallest absolute Gasteiger partial charge is 0.355 e. The molecular weight excluding hydrogens is 202 g/mol. The average molecular weight is 221 g/mol. The first kappa shape index (κ1) is 12.6. The maximum Gasteiger partial charge on any atom is 0.355 e. The number of rotatable bonds is 4. The molecule has 3 heteroatoms. The van der Waals surface area contributed by atoms with Gasteiger partial charge in [-0.3, -0.25) is 0 Å². The van der Waals surface area contributed by atoms with Gasteiger partial charge >= 0.3 is 5.97 Å². The van der Waals surface area contributed by atoms with E-state index in [1.165, 1.54) is 0 Å². The van der Waals surface area contributed by atoms with Crippen molar-refractivity contribution in [3.05, 3.63) is 29.1 Å². The molecule has 16 heavy (non-hydrogen) atoms. The van der Waals surface area contributed by atoms with E-state index in [0.29, 0.717) is 12.3 Å². The van der Waals surface area contributed by atoms with Crippen molar-refractivity contribution < 1.29 is 9.53 Å². The Morgan fingerprint density at radius 3 is 2.50 bits per heavy atom. The van der Waals surface area contributed by atoms with Gasteiger partial charge in [-0.15, -0.1) is 0 Å². The van der Waals surface area contributed by atoms with E-state index in [2.05, 4.69) is 6.58 Å². The maximum atomic E-state index is 11.8. The molecule has 0 atom stereocenters. The molecule has 0 radical (unpaired) electrons. The third-order valence-electron chi connectivity index (χ3n) is 2.81. The molecule has 0 amide bonds. The van der Waals surface area contributed by atoms with E-state index in [9.17, 15) is 4.79 Å². The number of ether oxygens (including phenoxy) is 1. The topological polar surface area (TPSA) is 31.2 Å². The van der Waals surface area contributed by atoms with Crippen molar-refractivity contribution in [3.8, 4) is 0 Å². The third-order valence-corrected chi connectivity index (χ3v) is 2.81. The van der Waals surface area contributed by atoms with Crippen LogP contribution in [-0.2, 0) is 11.3 Å². The molecule has 88 valence electrons. The van der Waals surface area contributed by atoms with Crippen LogP contribution in [0.25, 0.3) is 6.08 Å². The normalized spacial score (nSPS) is 10.2. The molecule has 0 aliphatic heterocycles. The number of carbonyl (C=O) groups excluding carboxylic acids is 1. The van der Waals surface area contributed by atoms with Crippen molar-refractivity contribution in [3.63, 3.8) is 0 Å². The lowest BCUT2D eigenvalue weighted by Crippen LogP contribution is -2.13. The highest BCUT2D eigenvalue weighted by molar-refractivity contribution is 5.91. The summed E-state index contributed by atoms with van der Waals surface area (Å²) in [5, 5.41) is 0. The average Bonchev–Trinajstić information content (AvgIpc) is 2.49. The summed E-state index contributed by atoms with van der Waals surface area (Å²) in [7, 11) is 0. The Morgan fingerprint density at radius 1 is 1.44 bits per heavy atom. The molecule has 0 N–H and O–H groups in total. The Labute approximate surface area is 96.7 Å². The van der Waals surface area contributed by atoms with E-state index < -0.39 is 0 Å². The highest BCUT2D eigenvalue weighted by Crippen LogP contribution is 2.23. The molecule has 0 aliphatic rings. The van der Waals surface area contributed by atoms with E-state index in [1.54, 1.807) is 6.08 Å². The summed E-state index contributed by atoms with van der Waals surface area (Å²) < 4.78 is 7.05. The lowest BCUT2D eigenvalue weighted by molar-refractivity contribution is 0.0513. The van der Waals surface area contributed by atoms with E-state index in [0.717, 1.165) is 23.4 Å². The molecule has 0 saturated heterocycles. The Kier molecular flexibility index (Phi) is 3.93. The number of carbonyl (C=O) groups is 1. The number of aromatic nitrogens is 1. The van der Waals surface area contributed by atoms with Gasteiger partial charge in [0.05, 0.1) is 6.61 Å². The molecule has 1 aromatic rings. The predicted molar refractivity (Wildman–Crippen MR) is 65.6 cm³/mol. The van der Waals surface area contributed by atoms with Crippen LogP contribution in [0, 0.1) is 13.8 Å². The lowest BCUT2D eigenvalue weighted by Gasteiger charge is -2.08. The summed E-state index contributed by atoms with van der Waals surface area (Å²) in [6.07, 6.45) is 1.79. The van der Waals surface area contributed by atoms with Crippen molar-refractivity contribution in [2.45, 2.75) is 34.2 Å². The number of nitrogens with zero attached hydrogens (tertiary/aromatic N) is 1. The number of hydrogen-bond donors (Lipinski definition) is 0. The van der Waals surface area contributed by atoms with Gasteiger partial charge in [0.25, 0.3) is 0 Å². The van der Waals surface area contributed by atoms with Crippen molar-refractivity contribution in [1.82, 2.24) is 4.57 Å². The van der Waals surface area contributed by atoms with E-state index in [4.69, 9.17) is 4.74 Å². The van der Waals surface area contributed by atoms with Crippen LogP contribution in [0.15, 0.2) is 6.58 Å². The van der Waals surface area contributed by atoms with Crippen LogP contribution < -0.4 is 0 Å². The van der Waals surface area contributed by atoms with Gasteiger partial charge < -0.3 is 9.30 Å². The molecule has 0 saturated carbocycles. The highest BCUT2D eigenvalue weighted by Gasteiger charge is 2.21. The first-order valence-electron chi connectivity index (χ1n) is 5.57. The first-order chi connectivity index (χ1) is 7.58. The summed E-state index contributed by atoms with van der Waals surface area (Å²) in [6, 6.07) is 0. The summed E-state index contributed by atoms with van der Waals surface area (Å²) in [4.78, 5) is 11.8. The van der Waals surface area contributed by atoms with Gasteiger partial charge in [0.2, 0.25) is 0 Å². The largest absolute Gasteiger partial charge is 0.461 e. The molecule has 0 aliphatic carbocycles. The van der Waals surface area contributed by atoms with Crippen molar-refractivity contribution in [2.24, 2.45) is 0 Å². The zero-order valence-electron chi connectivity index (χ0n) is 10.5. The molecule has 0 spiro atoms. The Bertz CT molecular complexity index is 416. The summed E-state index contributed by atoms with van der Waals surface area (Å²) in [6.45, 7) is 12.7. The fourth-order valence-corrected chi connectivity index (χ4v) is 2.07. The molecule has 0 unspecified atom stereocenters. The minimum atomic E-state index is -0.252. The standard InChI is InChI=1S/C13H19NO2/c1-6-11-9(4)12(13(15)16-8-3)14(7-2)10(11)5/h6H,1,7-8H2,2-5H3. The number of esters is 1. The lowest BCUT2D eigenvalue weighted by atomic mass is 10.1. The summed E-state index contributed by atoms with van der Waals surface area (Å²) in [5.74, 6) is -0.252. The van der Waals surface area contributed by atoms with Crippen molar-refractivity contribution in [2.75, 3.05) is 6.61 Å². The first-order valence-corrected chi connectivity index (χ1v) is 5.57. The molecule has 1 aromatic heterocycles. The van der Waals surface area contributed by atoms with E-state index in [1.807, 2.05) is 32.3 Å². The van der Waals surface area contributed by atoms with Crippen LogP contribution in [0.1, 0.15) is 41.2 Å². The van der Waals surface area contributed by atoms with Gasteiger partial charge in [0.15, 0.2) is 0 Å². The van der Waals surface area contributed by atoms with Gasteiger partial charge in [-0.25, -0.2) is 4.79 Å². The van der Waals surface area contributed by atoms with Gasteiger partial charge in [0.1, 0.15) is 5.69 Å². The fraction of sp³-hybridized carbons (Fsp3) is 0.462. The van der Waals surface area contributed by atoms with Crippen molar-refractivity contribution in [1.29, 1.82) is 0 Å². The summed E-state index contributed by atoms with van der Waals surface area (Å²) in [5.41, 5.74) is 3.70. The highest BCUT2D eigenvalue weighted by atomic mass is 16.5. The Balaban J connectivity index is 3.36. The van der Waals surface area contributed by atoms with Crippen LogP contribution in [0.5, 0.6) is 0 Å². The van der Waals surface area contributed by atoms with Crippen LogP contribution in [-0.4, -0.2) is 17.1 Å². The monoisotopic (exact) mass is 221 g/mol. The molecule has 0 bridgehead atoms. The van der Waals surface area contributed by atoms with E-state index >= 15 is 0 Å². The molecule has 1 heterocycles. The van der Waals surface area contributed by atoms with Gasteiger partial charge in [-0.2, -0.15) is 0 Å². The van der Waals surface area contributed by atoms with Crippen LogP contribution in [0.3, 0.4) is 0 Å². The zero-order chi connectivity index (χ0) is 12.3. The number of hydrogen-bond acceptors (Lipinski definition) is 2. The molecule has 3 nitrogen and oxygen atoms in total. The quantitative estimate of drug-likeness (QED) is 0.732. The van der Waals surface area contributed by atoms with Gasteiger partial charge in [0, 0.05) is 12.2 Å². The second-order valence-electron chi connectivity index (χ2n) is 3.64. The fourth-order valence-electron chi connectivity index (χ4n) is 2.07. The van der Waals surface area contributed by atoms with E-state index in [-0.39, 0.29) is 5.97 Å². The molecule has 0 aromatic carbocycles. The minimum Gasteiger partial charge on any atom is -0.461 e. The minimum absolute atomic E-state index is 0.252. The Hall–Kier alpha value is -1.51. The molecular formula is C13H19NO2. The van der Waals surface area contributed by atoms with Gasteiger partial charge in [-0.1, -0.05) is 12.7 Å². The van der Waals surface area contributed by atoms with Crippen LogP contribution in [0.2, 0.25) is 0 Å². The SMILES string of the molecule is C=Cc1c(C)c(C(=O)OCC)n(CC)c1C. The van der Waals surface area contributed by atoms with Gasteiger partial charge in [-0.05, 0) is 38.8 Å². The van der Waals surface area contributed by atoms with Crippen LogP contribution >= 0.6 is 0 Å². The maximum absolute atomic E-state index is 11.8. The predicted octanol–water partition coefficient (Wildman–Crippen LogP) is 2.94. The summed E-state index contributed by atoms with van der Waals surface area (Å²) >= 11 is 0. The third kappa shape index (κ3) is 1.90. The molecule has 1 rings (SSSR count). The zero-order valence-corrected chi connectivity index (χ0v) is 10.5. The Morgan fingerprint density at radius 2 is 2.06 bits per heavy atom. The molecule has 0 fully saturated rings. The van der Waals surface area contributed by atoms with Crippen molar-refractivity contribution >= 4 is 12.0 Å². The van der Waals surface area contributed by atoms with Crippen LogP contribution in [0.4, 0.5) is 0 Å².